The molecule has 0 bridgehead atoms. The van der Waals surface area contributed by atoms with Crippen molar-refractivity contribution in [3.63, 3.8) is 0 Å². The van der Waals surface area contributed by atoms with Gasteiger partial charge in [0.05, 0.1) is 15.3 Å². The summed E-state index contributed by atoms with van der Waals surface area (Å²) in [5.74, 6) is -0.623. The third-order valence-corrected chi connectivity index (χ3v) is 5.86. The molecular weight excluding hydrogens is 603 g/mol. The minimum Gasteiger partial charge on any atom is -0.489 e. The second kappa shape index (κ2) is 10.2. The Kier molecular flexibility index (Phi) is 7.09. The molecule has 9 heteroatoms. The number of carbonyl (C=O) groups excluding carboxylic acids is 1. The molecular formula is C24H16BrIN2O5. The maximum atomic E-state index is 12.4. The molecule has 7 nitrogen and oxygen atoms in total. The van der Waals surface area contributed by atoms with Gasteiger partial charge in [-0.25, -0.2) is 10.2 Å². The summed E-state index contributed by atoms with van der Waals surface area (Å²) < 4.78 is 13.2. The van der Waals surface area contributed by atoms with Crippen LogP contribution in [-0.2, 0) is 6.61 Å². The monoisotopic (exact) mass is 618 g/mol. The van der Waals surface area contributed by atoms with E-state index in [0.717, 1.165) is 24.6 Å². The van der Waals surface area contributed by atoms with Crippen LogP contribution in [-0.4, -0.2) is 23.2 Å². The van der Waals surface area contributed by atoms with Gasteiger partial charge in [-0.3, -0.25) is 4.79 Å². The first-order valence-electron chi connectivity index (χ1n) is 9.66. The fourth-order valence-electron chi connectivity index (χ4n) is 3.02. The lowest BCUT2D eigenvalue weighted by Gasteiger charge is -2.07. The van der Waals surface area contributed by atoms with Crippen molar-refractivity contribution in [2.75, 3.05) is 0 Å². The number of rotatable bonds is 7. The SMILES string of the molecule is O=C(O)c1cccc(COc2ccc(/C=N\NC(=O)c3cc4cc(Br)cc(I)c4o3)cc2)c1. The maximum absolute atomic E-state index is 12.4. The molecule has 1 aromatic heterocycles. The van der Waals surface area contributed by atoms with E-state index in [9.17, 15) is 9.59 Å². The van der Waals surface area contributed by atoms with Gasteiger partial charge >= 0.3 is 11.9 Å². The Morgan fingerprint density at radius 1 is 1.12 bits per heavy atom. The molecule has 0 aliphatic carbocycles. The first kappa shape index (κ1) is 23.0. The molecule has 4 rings (SSSR count). The Morgan fingerprint density at radius 3 is 2.67 bits per heavy atom. The third-order valence-electron chi connectivity index (χ3n) is 4.60. The molecule has 0 saturated carbocycles. The first-order valence-corrected chi connectivity index (χ1v) is 11.5. The Bertz CT molecular complexity index is 1370. The molecule has 166 valence electrons. The highest BCUT2D eigenvalue weighted by Gasteiger charge is 2.14. The summed E-state index contributed by atoms with van der Waals surface area (Å²) in [5.41, 5.74) is 4.85. The van der Waals surface area contributed by atoms with Gasteiger partial charge in [0.2, 0.25) is 0 Å². The van der Waals surface area contributed by atoms with E-state index < -0.39 is 11.9 Å². The van der Waals surface area contributed by atoms with Crippen molar-refractivity contribution >= 4 is 67.6 Å². The van der Waals surface area contributed by atoms with Gasteiger partial charge in [-0.1, -0.05) is 28.1 Å². The van der Waals surface area contributed by atoms with Crippen LogP contribution < -0.4 is 10.2 Å². The number of carboxylic acid groups (broad SMARTS) is 1. The number of halogens is 2. The summed E-state index contributed by atoms with van der Waals surface area (Å²) in [4.78, 5) is 23.4. The summed E-state index contributed by atoms with van der Waals surface area (Å²) in [7, 11) is 0. The second-order valence-corrected chi connectivity index (χ2v) is 9.06. The molecule has 4 aromatic rings. The Hall–Kier alpha value is -3.18. The molecule has 0 saturated heterocycles. The number of amides is 1. The van der Waals surface area contributed by atoms with Gasteiger partial charge in [-0.2, -0.15) is 5.10 Å². The fraction of sp³-hybridized carbons (Fsp3) is 0.0417. The lowest BCUT2D eigenvalue weighted by Crippen LogP contribution is -2.16. The number of hydrazone groups is 1. The summed E-state index contributed by atoms with van der Waals surface area (Å²) in [6.07, 6.45) is 1.51. The molecule has 0 aliphatic heterocycles. The number of furan rings is 1. The molecule has 0 atom stereocenters. The van der Waals surface area contributed by atoms with Crippen LogP contribution in [0.15, 0.2) is 80.7 Å². The van der Waals surface area contributed by atoms with Crippen molar-refractivity contribution in [2.45, 2.75) is 6.61 Å². The van der Waals surface area contributed by atoms with Crippen LogP contribution in [0.2, 0.25) is 0 Å². The first-order chi connectivity index (χ1) is 15.9. The van der Waals surface area contributed by atoms with Gasteiger partial charge < -0.3 is 14.3 Å². The van der Waals surface area contributed by atoms with Crippen molar-refractivity contribution < 1.29 is 23.8 Å². The number of hydrogen-bond acceptors (Lipinski definition) is 5. The minimum absolute atomic E-state index is 0.175. The summed E-state index contributed by atoms with van der Waals surface area (Å²) in [5, 5.41) is 13.9. The number of carbonyl (C=O) groups is 2. The minimum atomic E-state index is -0.976. The number of nitrogens with one attached hydrogen (secondary N) is 1. The quantitative estimate of drug-likeness (QED) is 0.154. The smallest absolute Gasteiger partial charge is 0.335 e. The van der Waals surface area contributed by atoms with E-state index in [-0.39, 0.29) is 17.9 Å². The van der Waals surface area contributed by atoms with Gasteiger partial charge in [0.1, 0.15) is 17.9 Å². The predicted octanol–water partition coefficient (Wildman–Crippen LogP) is 5.84. The Balaban J connectivity index is 1.33. The van der Waals surface area contributed by atoms with E-state index in [0.29, 0.717) is 11.3 Å². The van der Waals surface area contributed by atoms with Crippen molar-refractivity contribution in [1.82, 2.24) is 5.43 Å². The molecule has 0 radical (unpaired) electrons. The van der Waals surface area contributed by atoms with E-state index in [4.69, 9.17) is 14.3 Å². The molecule has 0 fully saturated rings. The van der Waals surface area contributed by atoms with Crippen molar-refractivity contribution in [3.8, 4) is 5.75 Å². The normalized spacial score (nSPS) is 11.1. The van der Waals surface area contributed by atoms with Gasteiger partial charge in [-0.15, -0.1) is 0 Å². The highest BCUT2D eigenvalue weighted by Crippen LogP contribution is 2.28. The van der Waals surface area contributed by atoms with Crippen molar-refractivity contribution in [2.24, 2.45) is 5.10 Å². The fourth-order valence-corrected chi connectivity index (χ4v) is 4.68. The van der Waals surface area contributed by atoms with Crippen LogP contribution in [0.5, 0.6) is 5.75 Å². The number of aromatic carboxylic acids is 1. The number of ether oxygens (including phenoxy) is 1. The number of benzene rings is 3. The lowest BCUT2D eigenvalue weighted by atomic mass is 10.1. The molecule has 0 aliphatic rings. The van der Waals surface area contributed by atoms with E-state index >= 15 is 0 Å². The zero-order chi connectivity index (χ0) is 23.4. The zero-order valence-electron chi connectivity index (χ0n) is 16.9. The van der Waals surface area contributed by atoms with E-state index in [1.54, 1.807) is 48.5 Å². The number of carboxylic acids is 1. The molecule has 2 N–H and O–H groups in total. The average molecular weight is 619 g/mol. The molecule has 1 amide bonds. The van der Waals surface area contributed by atoms with Crippen LogP contribution in [0.4, 0.5) is 0 Å². The van der Waals surface area contributed by atoms with Crippen LogP contribution in [0, 0.1) is 3.57 Å². The molecule has 0 spiro atoms. The largest absolute Gasteiger partial charge is 0.489 e. The van der Waals surface area contributed by atoms with Crippen LogP contribution in [0.25, 0.3) is 11.0 Å². The summed E-state index contributed by atoms with van der Waals surface area (Å²) >= 11 is 5.58. The summed E-state index contributed by atoms with van der Waals surface area (Å²) in [6.45, 7) is 0.248. The Labute approximate surface area is 210 Å². The van der Waals surface area contributed by atoms with Gasteiger partial charge in [0, 0.05) is 9.86 Å². The van der Waals surface area contributed by atoms with Crippen molar-refractivity contribution in [3.05, 3.63) is 97.2 Å². The molecule has 3 aromatic carbocycles. The molecule has 33 heavy (non-hydrogen) atoms. The highest BCUT2D eigenvalue weighted by atomic mass is 127. The number of nitrogens with zero attached hydrogens (tertiary/aromatic N) is 1. The third kappa shape index (κ3) is 5.79. The topological polar surface area (TPSA) is 101 Å². The van der Waals surface area contributed by atoms with Crippen LogP contribution in [0.1, 0.15) is 32.0 Å². The Morgan fingerprint density at radius 2 is 1.91 bits per heavy atom. The standard InChI is InChI=1S/C24H16BrIN2O5/c25-18-9-17-10-21(33-22(17)20(26)11-18)23(29)28-27-12-14-4-6-19(7-5-14)32-13-15-2-1-3-16(8-15)24(30)31/h1-12H,13H2,(H,28,29)(H,30,31)/b27-12-. The summed E-state index contributed by atoms with van der Waals surface area (Å²) in [6, 6.07) is 19.2. The van der Waals surface area contributed by atoms with E-state index in [1.807, 2.05) is 12.1 Å². The van der Waals surface area contributed by atoms with Crippen LogP contribution >= 0.6 is 38.5 Å². The van der Waals surface area contributed by atoms with Crippen LogP contribution in [0.3, 0.4) is 0 Å². The number of fused-ring (bicyclic) bond motifs is 1. The maximum Gasteiger partial charge on any atom is 0.335 e. The zero-order valence-corrected chi connectivity index (χ0v) is 20.7. The second-order valence-electron chi connectivity index (χ2n) is 6.98. The lowest BCUT2D eigenvalue weighted by molar-refractivity contribution is 0.0696. The van der Waals surface area contributed by atoms with E-state index in [1.165, 1.54) is 12.3 Å². The molecule has 0 unspecified atom stereocenters. The van der Waals surface area contributed by atoms with Crippen molar-refractivity contribution in [1.29, 1.82) is 0 Å². The number of hydrogen-bond donors (Lipinski definition) is 2. The van der Waals surface area contributed by atoms with Gasteiger partial charge in [-0.05, 0) is 88.3 Å². The van der Waals surface area contributed by atoms with Gasteiger partial charge in [0.25, 0.3) is 0 Å². The predicted molar refractivity (Wildman–Crippen MR) is 136 cm³/mol. The highest BCUT2D eigenvalue weighted by molar-refractivity contribution is 14.1. The van der Waals surface area contributed by atoms with E-state index in [2.05, 4.69) is 49.0 Å². The average Bonchev–Trinajstić information content (AvgIpc) is 3.23. The molecule has 1 heterocycles. The van der Waals surface area contributed by atoms with Gasteiger partial charge in [0.15, 0.2) is 5.76 Å².